The van der Waals surface area contributed by atoms with Crippen LogP contribution in [0.3, 0.4) is 0 Å². The highest BCUT2D eigenvalue weighted by Gasteiger charge is 2.36. The number of carbonyl (C=O) groups excluding carboxylic acids is 1. The first-order chi connectivity index (χ1) is 19.5. The van der Waals surface area contributed by atoms with Gasteiger partial charge >= 0.3 is 5.97 Å². The van der Waals surface area contributed by atoms with E-state index in [1.807, 2.05) is 44.2 Å². The molecule has 41 heavy (non-hydrogen) atoms. The Morgan fingerprint density at radius 3 is 2.41 bits per heavy atom. The first-order valence-corrected chi connectivity index (χ1v) is 15.8. The molecule has 0 saturated carbocycles. The third kappa shape index (κ3) is 8.45. The fourth-order valence-corrected chi connectivity index (χ4v) is 6.75. The Morgan fingerprint density at radius 1 is 1.05 bits per heavy atom. The highest BCUT2D eigenvalue weighted by atomic mass is 32.3. The maximum Gasteiger partial charge on any atom is 0.306 e. The second-order valence-corrected chi connectivity index (χ2v) is 13.2. The Morgan fingerprint density at radius 2 is 1.76 bits per heavy atom. The highest BCUT2D eigenvalue weighted by Crippen LogP contribution is 2.47. The SMILES string of the molecule is CCOC(=O)CCc1ccc(NCc2cccc(-c3c(C)cc(OCC4(O)CCS(O)(O)CC4)cc3C)c2)cc1F. The molecule has 1 aliphatic heterocycles. The number of benzene rings is 3. The number of esters is 1. The number of carbonyl (C=O) groups is 1. The molecule has 0 aromatic heterocycles. The summed E-state index contributed by atoms with van der Waals surface area (Å²) < 4.78 is 45.2. The van der Waals surface area contributed by atoms with E-state index in [4.69, 9.17) is 9.47 Å². The lowest BCUT2D eigenvalue weighted by Gasteiger charge is -2.43. The summed E-state index contributed by atoms with van der Waals surface area (Å²) in [4.78, 5) is 11.6. The van der Waals surface area contributed by atoms with Gasteiger partial charge in [-0.25, -0.2) is 4.39 Å². The molecular formula is C32H40FNO6S. The monoisotopic (exact) mass is 585 g/mol. The van der Waals surface area contributed by atoms with Crippen LogP contribution in [0.15, 0.2) is 54.6 Å². The maximum absolute atomic E-state index is 14.6. The molecule has 1 heterocycles. The normalized spacial score (nSPS) is 16.6. The quantitative estimate of drug-likeness (QED) is 0.182. The molecule has 0 amide bonds. The zero-order chi connectivity index (χ0) is 29.6. The Labute approximate surface area is 243 Å². The Kier molecular flexibility index (Phi) is 9.96. The van der Waals surface area contributed by atoms with E-state index in [-0.39, 0.29) is 36.3 Å². The minimum absolute atomic E-state index is 0.106. The summed E-state index contributed by atoms with van der Waals surface area (Å²) in [7, 11) is -2.57. The number of aryl methyl sites for hydroxylation is 3. The number of ether oxygens (including phenoxy) is 2. The van der Waals surface area contributed by atoms with E-state index in [0.717, 1.165) is 27.8 Å². The predicted octanol–water partition coefficient (Wildman–Crippen LogP) is 6.87. The van der Waals surface area contributed by atoms with Crippen molar-refractivity contribution in [3.8, 4) is 16.9 Å². The maximum atomic E-state index is 14.6. The smallest absolute Gasteiger partial charge is 0.306 e. The van der Waals surface area contributed by atoms with Gasteiger partial charge in [-0.3, -0.25) is 13.9 Å². The number of halogens is 1. The topological polar surface area (TPSA) is 108 Å². The van der Waals surface area contributed by atoms with Crippen molar-refractivity contribution in [2.24, 2.45) is 0 Å². The zero-order valence-corrected chi connectivity index (χ0v) is 24.7. The molecular weight excluding hydrogens is 545 g/mol. The van der Waals surface area contributed by atoms with E-state index < -0.39 is 16.2 Å². The van der Waals surface area contributed by atoms with Crippen LogP contribution in [0.25, 0.3) is 11.1 Å². The van der Waals surface area contributed by atoms with Crippen LogP contribution in [0.5, 0.6) is 5.75 Å². The van der Waals surface area contributed by atoms with Gasteiger partial charge in [0.05, 0.1) is 6.61 Å². The summed E-state index contributed by atoms with van der Waals surface area (Å²) in [6, 6.07) is 17.1. The third-order valence-electron chi connectivity index (χ3n) is 7.47. The first-order valence-electron chi connectivity index (χ1n) is 13.9. The van der Waals surface area contributed by atoms with Crippen LogP contribution in [0.4, 0.5) is 10.1 Å². The molecule has 3 aromatic rings. The molecule has 7 nitrogen and oxygen atoms in total. The van der Waals surface area contributed by atoms with Crippen LogP contribution in [0.1, 0.15) is 48.4 Å². The van der Waals surface area contributed by atoms with Crippen molar-refractivity contribution < 1.29 is 32.9 Å². The van der Waals surface area contributed by atoms with Crippen LogP contribution in [0, 0.1) is 19.7 Å². The first kappa shape index (κ1) is 30.8. The van der Waals surface area contributed by atoms with Crippen molar-refractivity contribution in [2.75, 3.05) is 30.0 Å². The van der Waals surface area contributed by atoms with E-state index in [0.29, 0.717) is 49.4 Å². The van der Waals surface area contributed by atoms with E-state index in [9.17, 15) is 23.4 Å². The minimum Gasteiger partial charge on any atom is -0.491 e. The van der Waals surface area contributed by atoms with Crippen LogP contribution in [-0.4, -0.2) is 50.5 Å². The van der Waals surface area contributed by atoms with Gasteiger partial charge in [-0.2, -0.15) is 10.6 Å². The second-order valence-electron chi connectivity index (χ2n) is 10.8. The average molecular weight is 586 g/mol. The molecule has 9 heteroatoms. The van der Waals surface area contributed by atoms with Crippen molar-refractivity contribution in [3.63, 3.8) is 0 Å². The standard InChI is InChI=1S/C32H40FNO6S/c1-4-39-30(35)11-9-25-8-10-27(19-29(25)33)34-20-24-6-5-7-26(18-24)31-22(2)16-28(17-23(31)3)40-21-32(36)12-14-41(37,38)15-13-32/h5-8,10,16-19,34,36-38H,4,9,11-15,20-21H2,1-3H3. The molecule has 222 valence electrons. The second kappa shape index (κ2) is 13.2. The molecule has 3 aromatic carbocycles. The van der Waals surface area contributed by atoms with Gasteiger partial charge < -0.3 is 19.9 Å². The van der Waals surface area contributed by atoms with E-state index >= 15 is 0 Å². The van der Waals surface area contributed by atoms with Gasteiger partial charge in [0.25, 0.3) is 0 Å². The zero-order valence-electron chi connectivity index (χ0n) is 23.9. The van der Waals surface area contributed by atoms with Crippen LogP contribution >= 0.6 is 10.6 Å². The number of hydrogen-bond donors (Lipinski definition) is 4. The number of nitrogens with one attached hydrogen (secondary N) is 1. The van der Waals surface area contributed by atoms with Crippen molar-refractivity contribution >= 4 is 22.2 Å². The summed E-state index contributed by atoms with van der Waals surface area (Å²) >= 11 is 0. The number of anilines is 1. The lowest BCUT2D eigenvalue weighted by Crippen LogP contribution is -2.42. The molecule has 0 aliphatic carbocycles. The van der Waals surface area contributed by atoms with Gasteiger partial charge in [0.2, 0.25) is 0 Å². The summed E-state index contributed by atoms with van der Waals surface area (Å²) in [5.74, 6) is 0.384. The minimum atomic E-state index is -2.57. The summed E-state index contributed by atoms with van der Waals surface area (Å²) in [6.45, 7) is 6.73. The van der Waals surface area contributed by atoms with Crippen molar-refractivity contribution in [1.82, 2.24) is 0 Å². The van der Waals surface area contributed by atoms with Gasteiger partial charge in [-0.1, -0.05) is 24.3 Å². The van der Waals surface area contributed by atoms with Gasteiger partial charge in [-0.05, 0) is 104 Å². The van der Waals surface area contributed by atoms with Gasteiger partial charge in [-0.15, -0.1) is 0 Å². The summed E-state index contributed by atoms with van der Waals surface area (Å²) in [5, 5.41) is 14.1. The fraction of sp³-hybridized carbons (Fsp3) is 0.406. The average Bonchev–Trinajstić information content (AvgIpc) is 2.92. The third-order valence-corrected chi connectivity index (χ3v) is 9.19. The van der Waals surface area contributed by atoms with Gasteiger partial charge in [0.15, 0.2) is 0 Å². The molecule has 0 radical (unpaired) electrons. The van der Waals surface area contributed by atoms with Crippen molar-refractivity contribution in [1.29, 1.82) is 0 Å². The molecule has 1 saturated heterocycles. The van der Waals surface area contributed by atoms with Crippen LogP contribution in [0.2, 0.25) is 0 Å². The van der Waals surface area contributed by atoms with E-state index in [1.165, 1.54) is 6.07 Å². The van der Waals surface area contributed by atoms with Gasteiger partial charge in [0.1, 0.15) is 23.8 Å². The highest BCUT2D eigenvalue weighted by molar-refractivity contribution is 8.24. The molecule has 0 spiro atoms. The lowest BCUT2D eigenvalue weighted by atomic mass is 9.94. The molecule has 0 atom stereocenters. The Hall–Kier alpha value is -3.11. The predicted molar refractivity (Wildman–Crippen MR) is 162 cm³/mol. The molecule has 1 aliphatic rings. The Balaban J connectivity index is 1.38. The number of hydrogen-bond acceptors (Lipinski definition) is 7. The van der Waals surface area contributed by atoms with Gasteiger partial charge in [0, 0.05) is 30.2 Å². The molecule has 0 bridgehead atoms. The van der Waals surface area contributed by atoms with Crippen LogP contribution < -0.4 is 10.1 Å². The molecule has 4 rings (SSSR count). The number of aliphatic hydroxyl groups is 1. The number of rotatable bonds is 11. The lowest BCUT2D eigenvalue weighted by molar-refractivity contribution is -0.143. The molecule has 4 N–H and O–H groups in total. The van der Waals surface area contributed by atoms with E-state index in [1.54, 1.807) is 13.0 Å². The van der Waals surface area contributed by atoms with E-state index in [2.05, 4.69) is 17.4 Å². The largest absolute Gasteiger partial charge is 0.491 e. The summed E-state index contributed by atoms with van der Waals surface area (Å²) in [6.07, 6.45) is 1.05. The summed E-state index contributed by atoms with van der Waals surface area (Å²) in [5.41, 5.74) is 5.35. The van der Waals surface area contributed by atoms with Crippen molar-refractivity contribution in [3.05, 3.63) is 82.7 Å². The fourth-order valence-electron chi connectivity index (χ4n) is 5.13. The molecule has 0 unspecified atom stereocenters. The van der Waals surface area contributed by atoms with Crippen molar-refractivity contribution in [2.45, 2.75) is 58.6 Å². The molecule has 1 fully saturated rings. The Bertz CT molecular complexity index is 1350. The van der Waals surface area contributed by atoms with Crippen LogP contribution in [-0.2, 0) is 22.5 Å².